The third kappa shape index (κ3) is 3.71. The summed E-state index contributed by atoms with van der Waals surface area (Å²) in [6.07, 6.45) is 0. The van der Waals surface area contributed by atoms with Crippen LogP contribution in [0.5, 0.6) is 0 Å². The predicted molar refractivity (Wildman–Crippen MR) is 166 cm³/mol. The lowest BCUT2D eigenvalue weighted by Gasteiger charge is -2.11. The van der Waals surface area contributed by atoms with Crippen LogP contribution in [-0.4, -0.2) is 19.5 Å². The molecule has 0 aliphatic carbocycles. The maximum atomic E-state index is 4.90. The fourth-order valence-corrected chi connectivity index (χ4v) is 6.60. The van der Waals surface area contributed by atoms with Gasteiger partial charge in [0.15, 0.2) is 17.5 Å². The van der Waals surface area contributed by atoms with Crippen molar-refractivity contribution in [1.82, 2.24) is 19.5 Å². The van der Waals surface area contributed by atoms with Gasteiger partial charge in [-0.3, -0.25) is 0 Å². The Kier molecular flexibility index (Phi) is 5.28. The molecule has 0 spiro atoms. The highest BCUT2D eigenvalue weighted by atomic mass is 32.1. The van der Waals surface area contributed by atoms with Crippen molar-refractivity contribution in [1.29, 1.82) is 0 Å². The summed E-state index contributed by atoms with van der Waals surface area (Å²) in [7, 11) is 0. The fraction of sp³-hybridized carbons (Fsp3) is 0. The van der Waals surface area contributed by atoms with Crippen molar-refractivity contribution < 1.29 is 0 Å². The van der Waals surface area contributed by atoms with Crippen LogP contribution in [0.1, 0.15) is 0 Å². The minimum Gasteiger partial charge on any atom is -0.308 e. The van der Waals surface area contributed by atoms with Gasteiger partial charge in [0.2, 0.25) is 0 Å². The van der Waals surface area contributed by atoms with E-state index in [0.717, 1.165) is 22.4 Å². The highest BCUT2D eigenvalue weighted by Crippen LogP contribution is 2.42. The first-order valence-electron chi connectivity index (χ1n) is 13.2. The van der Waals surface area contributed by atoms with E-state index in [4.69, 9.17) is 15.0 Å². The van der Waals surface area contributed by atoms with Crippen molar-refractivity contribution in [2.45, 2.75) is 0 Å². The lowest BCUT2D eigenvalue weighted by molar-refractivity contribution is 1.07. The van der Waals surface area contributed by atoms with Gasteiger partial charge < -0.3 is 4.57 Å². The second-order valence-electron chi connectivity index (χ2n) is 9.71. The molecule has 188 valence electrons. The summed E-state index contributed by atoms with van der Waals surface area (Å²) < 4.78 is 5.00. The molecule has 5 heteroatoms. The Bertz CT molecular complexity index is 2080. The molecule has 0 aliphatic heterocycles. The zero-order valence-corrected chi connectivity index (χ0v) is 22.2. The minimum absolute atomic E-state index is 0.655. The van der Waals surface area contributed by atoms with Crippen LogP contribution in [0.15, 0.2) is 133 Å². The van der Waals surface area contributed by atoms with Crippen LogP contribution in [-0.2, 0) is 0 Å². The Morgan fingerprint density at radius 2 is 0.950 bits per heavy atom. The van der Waals surface area contributed by atoms with Gasteiger partial charge in [-0.15, -0.1) is 11.3 Å². The molecule has 3 heterocycles. The molecule has 8 aromatic rings. The largest absolute Gasteiger partial charge is 0.308 e. The van der Waals surface area contributed by atoms with Gasteiger partial charge in [-0.05, 0) is 36.4 Å². The lowest BCUT2D eigenvalue weighted by Crippen LogP contribution is -2.00. The quantitative estimate of drug-likeness (QED) is 0.228. The standard InChI is InChI=1S/C35H22N4S/c1-3-11-23(12-4-1)33-36-34(24-13-5-2-6-14-24)38-35(37-33)25-19-21-26(22-20-25)39-29-17-9-7-15-27(29)32-31(39)28-16-8-10-18-30(28)40-32/h1-22H. The number of nitrogens with zero attached hydrogens (tertiary/aromatic N) is 4. The summed E-state index contributed by atoms with van der Waals surface area (Å²) in [6, 6.07) is 46.0. The van der Waals surface area contributed by atoms with E-state index in [1.807, 2.05) is 72.0 Å². The monoisotopic (exact) mass is 530 g/mol. The molecule has 40 heavy (non-hydrogen) atoms. The van der Waals surface area contributed by atoms with E-state index < -0.39 is 0 Å². The first-order chi connectivity index (χ1) is 19.8. The van der Waals surface area contributed by atoms with Gasteiger partial charge in [0.25, 0.3) is 0 Å². The number of rotatable bonds is 4. The molecule has 0 aliphatic rings. The average molecular weight is 531 g/mol. The van der Waals surface area contributed by atoms with Crippen molar-refractivity contribution >= 4 is 42.5 Å². The van der Waals surface area contributed by atoms with Gasteiger partial charge in [-0.1, -0.05) is 97.1 Å². The molecule has 3 aromatic heterocycles. The van der Waals surface area contributed by atoms with E-state index in [2.05, 4.69) is 77.4 Å². The summed E-state index contributed by atoms with van der Waals surface area (Å²) in [6.45, 7) is 0. The van der Waals surface area contributed by atoms with E-state index in [0.29, 0.717) is 17.5 Å². The van der Waals surface area contributed by atoms with Crippen molar-refractivity contribution in [3.05, 3.63) is 133 Å². The summed E-state index contributed by atoms with van der Waals surface area (Å²) in [5.74, 6) is 1.98. The fourth-order valence-electron chi connectivity index (χ4n) is 5.38. The van der Waals surface area contributed by atoms with Crippen LogP contribution in [0.3, 0.4) is 0 Å². The molecular weight excluding hydrogens is 508 g/mol. The molecule has 0 N–H and O–H groups in total. The van der Waals surface area contributed by atoms with Crippen molar-refractivity contribution in [3.8, 4) is 39.9 Å². The normalized spacial score (nSPS) is 11.5. The van der Waals surface area contributed by atoms with E-state index in [-0.39, 0.29) is 0 Å². The molecule has 0 saturated carbocycles. The molecule has 5 aromatic carbocycles. The van der Waals surface area contributed by atoms with Crippen LogP contribution in [0.2, 0.25) is 0 Å². The first-order valence-corrected chi connectivity index (χ1v) is 14.0. The second kappa shape index (κ2) is 9.26. The summed E-state index contributed by atoms with van der Waals surface area (Å²) >= 11 is 1.86. The topological polar surface area (TPSA) is 43.6 Å². The molecule has 4 nitrogen and oxygen atoms in total. The van der Waals surface area contributed by atoms with E-state index >= 15 is 0 Å². The van der Waals surface area contributed by atoms with Gasteiger partial charge in [-0.2, -0.15) is 0 Å². The van der Waals surface area contributed by atoms with Crippen LogP contribution >= 0.6 is 11.3 Å². The third-order valence-electron chi connectivity index (χ3n) is 7.27. The summed E-state index contributed by atoms with van der Waals surface area (Å²) in [5.41, 5.74) is 6.45. The molecule has 0 saturated heterocycles. The molecular formula is C35H22N4S. The average Bonchev–Trinajstić information content (AvgIpc) is 3.57. The maximum absolute atomic E-state index is 4.90. The minimum atomic E-state index is 0.655. The smallest absolute Gasteiger partial charge is 0.164 e. The van der Waals surface area contributed by atoms with Crippen molar-refractivity contribution in [2.24, 2.45) is 0 Å². The molecule has 0 amide bonds. The predicted octanol–water partition coefficient (Wildman–Crippen LogP) is 9.18. The summed E-state index contributed by atoms with van der Waals surface area (Å²) in [4.78, 5) is 14.6. The highest BCUT2D eigenvalue weighted by molar-refractivity contribution is 7.26. The Balaban J connectivity index is 1.29. The van der Waals surface area contributed by atoms with E-state index in [9.17, 15) is 0 Å². The van der Waals surface area contributed by atoms with Gasteiger partial charge >= 0.3 is 0 Å². The van der Waals surface area contributed by atoms with Gasteiger partial charge in [0, 0.05) is 37.9 Å². The summed E-state index contributed by atoms with van der Waals surface area (Å²) in [5, 5.41) is 2.56. The number of thiophene rings is 1. The second-order valence-corrected chi connectivity index (χ2v) is 10.8. The molecule has 8 rings (SSSR count). The van der Waals surface area contributed by atoms with Crippen LogP contribution in [0.4, 0.5) is 0 Å². The Labute approximate surface area is 234 Å². The number of benzene rings is 5. The Morgan fingerprint density at radius 1 is 0.450 bits per heavy atom. The Hall–Kier alpha value is -5.13. The van der Waals surface area contributed by atoms with Crippen LogP contribution in [0.25, 0.3) is 71.1 Å². The van der Waals surface area contributed by atoms with Crippen LogP contribution < -0.4 is 0 Å². The SMILES string of the molecule is c1ccc(-c2nc(-c3ccccc3)nc(-c3ccc(-n4c5ccccc5c5sc6ccccc6c54)cc3)n2)cc1. The van der Waals surface area contributed by atoms with E-state index in [1.165, 1.54) is 31.2 Å². The highest BCUT2D eigenvalue weighted by Gasteiger charge is 2.18. The number of hydrogen-bond acceptors (Lipinski definition) is 4. The van der Waals surface area contributed by atoms with Gasteiger partial charge in [0.1, 0.15) is 0 Å². The molecule has 0 bridgehead atoms. The molecule has 0 unspecified atom stereocenters. The van der Waals surface area contributed by atoms with Gasteiger partial charge in [-0.25, -0.2) is 15.0 Å². The lowest BCUT2D eigenvalue weighted by atomic mass is 10.1. The Morgan fingerprint density at radius 3 is 1.57 bits per heavy atom. The molecule has 0 fully saturated rings. The zero-order chi connectivity index (χ0) is 26.5. The maximum Gasteiger partial charge on any atom is 0.164 e. The number of fused-ring (bicyclic) bond motifs is 5. The zero-order valence-electron chi connectivity index (χ0n) is 21.4. The number of hydrogen-bond donors (Lipinski definition) is 0. The van der Waals surface area contributed by atoms with E-state index in [1.54, 1.807) is 0 Å². The molecule has 0 radical (unpaired) electrons. The van der Waals surface area contributed by atoms with Crippen molar-refractivity contribution in [3.63, 3.8) is 0 Å². The van der Waals surface area contributed by atoms with Crippen LogP contribution in [0, 0.1) is 0 Å². The molecule has 0 atom stereocenters. The number of para-hydroxylation sites is 1. The third-order valence-corrected chi connectivity index (χ3v) is 8.46. The first kappa shape index (κ1) is 22.8. The van der Waals surface area contributed by atoms with Gasteiger partial charge in [0.05, 0.1) is 15.7 Å². The van der Waals surface area contributed by atoms with Crippen molar-refractivity contribution in [2.75, 3.05) is 0 Å². The number of aromatic nitrogens is 4.